The van der Waals surface area contributed by atoms with E-state index >= 15 is 0 Å². The Kier molecular flexibility index (Phi) is 7.00. The fraction of sp³-hybridized carbons (Fsp3) is 0.833. The minimum Gasteiger partial charge on any atom is -0.358 e. The first kappa shape index (κ1) is 19.6. The predicted octanol–water partition coefficient (Wildman–Crippen LogP) is 4.92. The summed E-state index contributed by atoms with van der Waals surface area (Å²) in [4.78, 5) is 0. The van der Waals surface area contributed by atoms with Crippen molar-refractivity contribution in [2.75, 3.05) is 31.1 Å². The molecule has 1 heterocycles. The fourth-order valence-electron chi connectivity index (χ4n) is 2.69. The van der Waals surface area contributed by atoms with Gasteiger partial charge in [-0.1, -0.05) is 41.5 Å². The van der Waals surface area contributed by atoms with Gasteiger partial charge in [-0.05, 0) is 42.1 Å². The zero-order valence-corrected chi connectivity index (χ0v) is 16.9. The Balaban J connectivity index is 2.96. The zero-order valence-electron chi connectivity index (χ0n) is 16.1. The second-order valence-corrected chi connectivity index (χ2v) is 12.6. The summed E-state index contributed by atoms with van der Waals surface area (Å²) in [7, 11) is -0.490. The lowest BCUT2D eigenvalue weighted by atomic mass is 9.91. The van der Waals surface area contributed by atoms with E-state index in [0.717, 1.165) is 12.4 Å². The van der Waals surface area contributed by atoms with Gasteiger partial charge in [0.25, 0.3) is 0 Å². The van der Waals surface area contributed by atoms with Crippen molar-refractivity contribution in [2.45, 2.75) is 66.0 Å². The Morgan fingerprint density at radius 2 is 1.55 bits per heavy atom. The number of hydrogen-bond donors (Lipinski definition) is 0. The molecule has 0 saturated heterocycles. The molecule has 0 aliphatic heterocycles. The highest BCUT2D eigenvalue weighted by atomic mass is 32.3. The largest absolute Gasteiger partial charge is 0.358 e. The van der Waals surface area contributed by atoms with E-state index in [2.05, 4.69) is 65.0 Å². The van der Waals surface area contributed by atoms with Gasteiger partial charge in [0.1, 0.15) is 6.73 Å². The molecule has 0 atom stereocenters. The third-order valence-electron chi connectivity index (χ3n) is 3.78. The van der Waals surface area contributed by atoms with Crippen LogP contribution >= 0.6 is 10.0 Å². The maximum Gasteiger partial charge on any atom is 0.139 e. The normalized spacial score (nSPS) is 13.6. The van der Waals surface area contributed by atoms with Crippen LogP contribution in [0.2, 0.25) is 0 Å². The Bertz CT molecular complexity index is 470. The highest BCUT2D eigenvalue weighted by Crippen LogP contribution is 2.34. The van der Waals surface area contributed by atoms with Crippen LogP contribution in [0.4, 0.5) is 0 Å². The van der Waals surface area contributed by atoms with Crippen molar-refractivity contribution in [1.82, 2.24) is 9.78 Å². The molecule has 0 amide bonds. The van der Waals surface area contributed by atoms with E-state index in [1.54, 1.807) is 0 Å². The van der Waals surface area contributed by atoms with E-state index in [1.807, 2.05) is 0 Å². The van der Waals surface area contributed by atoms with E-state index in [0.29, 0.717) is 24.5 Å². The van der Waals surface area contributed by atoms with Crippen molar-refractivity contribution >= 4 is 10.0 Å². The molecule has 130 valence electrons. The van der Waals surface area contributed by atoms with Gasteiger partial charge < -0.3 is 4.74 Å². The smallest absolute Gasteiger partial charge is 0.139 e. The minimum atomic E-state index is -0.490. The SMILES string of the molecule is CC(C)c1nn(COCCS(C)(C)C)c(C(C)C)c1C(C)C. The first-order valence-corrected chi connectivity index (χ1v) is 11.4. The molecule has 22 heavy (non-hydrogen) atoms. The van der Waals surface area contributed by atoms with Crippen LogP contribution < -0.4 is 0 Å². The Morgan fingerprint density at radius 3 is 1.95 bits per heavy atom. The van der Waals surface area contributed by atoms with Crippen LogP contribution in [0.15, 0.2) is 0 Å². The van der Waals surface area contributed by atoms with E-state index in [4.69, 9.17) is 9.84 Å². The number of hydrogen-bond acceptors (Lipinski definition) is 2. The van der Waals surface area contributed by atoms with Crippen LogP contribution in [0.5, 0.6) is 0 Å². The van der Waals surface area contributed by atoms with Crippen LogP contribution in [0.25, 0.3) is 0 Å². The predicted molar refractivity (Wildman–Crippen MR) is 101 cm³/mol. The molecule has 0 spiro atoms. The molecular formula is C18H36N2OS. The molecule has 0 aliphatic carbocycles. The molecule has 0 saturated carbocycles. The molecule has 4 heteroatoms. The van der Waals surface area contributed by atoms with Gasteiger partial charge in [-0.15, -0.1) is 0 Å². The molecule has 1 rings (SSSR count). The van der Waals surface area contributed by atoms with Crippen LogP contribution in [0, 0.1) is 0 Å². The molecule has 3 nitrogen and oxygen atoms in total. The number of ether oxygens (including phenoxy) is 1. The quantitative estimate of drug-likeness (QED) is 0.633. The lowest BCUT2D eigenvalue weighted by Gasteiger charge is -2.24. The first-order valence-electron chi connectivity index (χ1n) is 8.38. The summed E-state index contributed by atoms with van der Waals surface area (Å²) in [5.41, 5.74) is 4.01. The Hall–Kier alpha value is -0.480. The van der Waals surface area contributed by atoms with Crippen molar-refractivity contribution in [3.63, 3.8) is 0 Å². The summed E-state index contributed by atoms with van der Waals surface area (Å²) in [6, 6.07) is 0. The summed E-state index contributed by atoms with van der Waals surface area (Å²) in [5, 5.41) is 4.88. The van der Waals surface area contributed by atoms with Gasteiger partial charge in [0.15, 0.2) is 0 Å². The highest BCUT2D eigenvalue weighted by Gasteiger charge is 2.23. The van der Waals surface area contributed by atoms with E-state index in [9.17, 15) is 0 Å². The lowest BCUT2D eigenvalue weighted by molar-refractivity contribution is 0.0778. The maximum atomic E-state index is 5.94. The summed E-state index contributed by atoms with van der Waals surface area (Å²) in [5.74, 6) is 2.58. The third kappa shape index (κ3) is 5.31. The molecule has 0 bridgehead atoms. The Morgan fingerprint density at radius 1 is 0.955 bits per heavy atom. The van der Waals surface area contributed by atoms with Gasteiger partial charge in [0, 0.05) is 11.4 Å². The number of aromatic nitrogens is 2. The van der Waals surface area contributed by atoms with Crippen molar-refractivity contribution in [1.29, 1.82) is 0 Å². The van der Waals surface area contributed by atoms with E-state index < -0.39 is 10.0 Å². The van der Waals surface area contributed by atoms with E-state index in [1.165, 1.54) is 17.0 Å². The third-order valence-corrected chi connectivity index (χ3v) is 5.17. The van der Waals surface area contributed by atoms with Crippen LogP contribution in [0.3, 0.4) is 0 Å². The van der Waals surface area contributed by atoms with Crippen molar-refractivity contribution in [2.24, 2.45) is 0 Å². The average molecular weight is 329 g/mol. The molecule has 0 aliphatic rings. The van der Waals surface area contributed by atoms with Crippen LogP contribution in [-0.2, 0) is 11.5 Å². The fourth-order valence-corrected chi connectivity index (χ4v) is 3.31. The van der Waals surface area contributed by atoms with Crippen molar-refractivity contribution in [3.8, 4) is 0 Å². The summed E-state index contributed by atoms with van der Waals surface area (Å²) >= 11 is 0. The number of rotatable bonds is 8. The van der Waals surface area contributed by atoms with Gasteiger partial charge >= 0.3 is 0 Å². The van der Waals surface area contributed by atoms with Gasteiger partial charge in [-0.3, -0.25) is 0 Å². The molecule has 0 fully saturated rings. The molecule has 1 aromatic heterocycles. The minimum absolute atomic E-state index is 0.454. The molecule has 0 aromatic carbocycles. The monoisotopic (exact) mass is 328 g/mol. The second-order valence-electron chi connectivity index (χ2n) is 7.98. The second kappa shape index (κ2) is 7.87. The average Bonchev–Trinajstić information content (AvgIpc) is 2.73. The van der Waals surface area contributed by atoms with Crippen LogP contribution in [0.1, 0.15) is 76.2 Å². The lowest BCUT2D eigenvalue weighted by Crippen LogP contribution is -2.14. The van der Waals surface area contributed by atoms with Crippen LogP contribution in [-0.4, -0.2) is 40.9 Å². The molecule has 1 aromatic rings. The van der Waals surface area contributed by atoms with Gasteiger partial charge in [-0.25, -0.2) is 14.7 Å². The summed E-state index contributed by atoms with van der Waals surface area (Å²) < 4.78 is 8.04. The van der Waals surface area contributed by atoms with Crippen molar-refractivity contribution < 1.29 is 4.74 Å². The Labute approximate surface area is 139 Å². The molecule has 0 N–H and O–H groups in total. The maximum absolute atomic E-state index is 5.94. The summed E-state index contributed by atoms with van der Waals surface area (Å²) in [6.07, 6.45) is 6.99. The standard InChI is InChI=1S/C18H36N2OS/c1-13(2)16-17(14(3)4)19-20(18(16)15(5)6)12-21-10-11-22(7,8)9/h13-15H,10-12H2,1-9H3. The van der Waals surface area contributed by atoms with Crippen molar-refractivity contribution in [3.05, 3.63) is 17.0 Å². The highest BCUT2D eigenvalue weighted by molar-refractivity contribution is 8.32. The molecule has 0 radical (unpaired) electrons. The topological polar surface area (TPSA) is 27.1 Å². The van der Waals surface area contributed by atoms with Gasteiger partial charge in [0.2, 0.25) is 0 Å². The van der Waals surface area contributed by atoms with Gasteiger partial charge in [-0.2, -0.15) is 5.10 Å². The summed E-state index contributed by atoms with van der Waals surface area (Å²) in [6.45, 7) is 14.9. The van der Waals surface area contributed by atoms with E-state index in [-0.39, 0.29) is 0 Å². The zero-order chi connectivity index (χ0) is 17.1. The first-order chi connectivity index (χ1) is 10.0. The van der Waals surface area contributed by atoms with Gasteiger partial charge in [0.05, 0.1) is 12.3 Å². The number of nitrogens with zero attached hydrogens (tertiary/aromatic N) is 2. The molecular weight excluding hydrogens is 292 g/mol. The molecule has 0 unspecified atom stereocenters.